The van der Waals surface area contributed by atoms with E-state index in [0.29, 0.717) is 19.8 Å². The summed E-state index contributed by atoms with van der Waals surface area (Å²) < 4.78 is 9.86. The predicted molar refractivity (Wildman–Crippen MR) is 47.7 cm³/mol. The molecule has 72 valence electrons. The van der Waals surface area contributed by atoms with Crippen molar-refractivity contribution in [3.8, 4) is 0 Å². The second kappa shape index (κ2) is 12.7. The van der Waals surface area contributed by atoms with Gasteiger partial charge in [-0.3, -0.25) is 0 Å². The number of thioether (sulfide) groups is 1. The summed E-state index contributed by atoms with van der Waals surface area (Å²) in [6.45, 7) is 1.26. The van der Waals surface area contributed by atoms with Crippen molar-refractivity contribution in [2.75, 3.05) is 38.4 Å². The number of ether oxygens (including phenoxy) is 2. The molecule has 0 bridgehead atoms. The second-order valence-electron chi connectivity index (χ2n) is 2.05. The number of hydrogen-bond acceptors (Lipinski definition) is 4. The number of carbonyl (C=O) groups is 1. The van der Waals surface area contributed by atoms with Crippen molar-refractivity contribution in [2.45, 2.75) is 0 Å². The summed E-state index contributed by atoms with van der Waals surface area (Å²) in [6, 6.07) is 0. The minimum atomic E-state index is -0.945. The van der Waals surface area contributed by atoms with Gasteiger partial charge in [-0.25, -0.2) is 4.79 Å². The Kier molecular flexibility index (Phi) is 15.9. The third-order valence-electron chi connectivity index (χ3n) is 1.03. The van der Waals surface area contributed by atoms with E-state index in [-0.39, 0.29) is 36.2 Å². The molecule has 0 aliphatic heterocycles. The van der Waals surface area contributed by atoms with Crippen molar-refractivity contribution in [3.63, 3.8) is 0 Å². The van der Waals surface area contributed by atoms with Crippen LogP contribution < -0.4 is 29.6 Å². The molecule has 0 aliphatic carbocycles. The molecule has 0 aromatic heterocycles. The molecular formula is C7H14NaO4S+. The van der Waals surface area contributed by atoms with Gasteiger partial charge in [-0.15, -0.1) is 0 Å². The Morgan fingerprint density at radius 3 is 2.46 bits per heavy atom. The number of aliphatic carboxylic acids is 1. The largest absolute Gasteiger partial charge is 1.00 e. The van der Waals surface area contributed by atoms with Crippen LogP contribution in [0.1, 0.15) is 0 Å². The van der Waals surface area contributed by atoms with Crippen LogP contribution in [0.4, 0.5) is 0 Å². The van der Waals surface area contributed by atoms with Gasteiger partial charge in [0.25, 0.3) is 0 Å². The van der Waals surface area contributed by atoms with Gasteiger partial charge in [0.1, 0.15) is 6.61 Å². The van der Waals surface area contributed by atoms with Gasteiger partial charge in [0, 0.05) is 5.75 Å². The SMILES string of the molecule is CSCCOCCOCC(=O)O.[Na+]. The normalized spacial score (nSPS) is 9.31. The first-order chi connectivity index (χ1) is 5.77. The van der Waals surface area contributed by atoms with Crippen molar-refractivity contribution >= 4 is 17.7 Å². The monoisotopic (exact) mass is 217 g/mol. The number of hydrogen-bond donors (Lipinski definition) is 1. The Hall–Kier alpha value is 0.740. The summed E-state index contributed by atoms with van der Waals surface area (Å²) in [6.07, 6.45) is 2.00. The zero-order chi connectivity index (χ0) is 9.23. The number of carboxylic acids is 1. The van der Waals surface area contributed by atoms with Gasteiger partial charge < -0.3 is 14.6 Å². The molecule has 4 nitrogen and oxygen atoms in total. The maximum atomic E-state index is 9.97. The van der Waals surface area contributed by atoms with E-state index in [1.807, 2.05) is 6.26 Å². The van der Waals surface area contributed by atoms with Crippen LogP contribution in [-0.2, 0) is 14.3 Å². The average molecular weight is 217 g/mol. The smallest absolute Gasteiger partial charge is 0.480 e. The summed E-state index contributed by atoms with van der Waals surface area (Å²) >= 11 is 1.71. The van der Waals surface area contributed by atoms with Gasteiger partial charge in [-0.2, -0.15) is 11.8 Å². The van der Waals surface area contributed by atoms with Gasteiger partial charge in [0.05, 0.1) is 19.8 Å². The summed E-state index contributed by atoms with van der Waals surface area (Å²) in [5.74, 6) is 0.0120. The zero-order valence-corrected chi connectivity index (χ0v) is 10.9. The van der Waals surface area contributed by atoms with E-state index in [9.17, 15) is 4.79 Å². The average Bonchev–Trinajstić information content (AvgIpc) is 2.02. The molecule has 0 unspecified atom stereocenters. The molecule has 6 heteroatoms. The van der Waals surface area contributed by atoms with Crippen LogP contribution in [0.25, 0.3) is 0 Å². The van der Waals surface area contributed by atoms with E-state index in [0.717, 1.165) is 5.75 Å². The topological polar surface area (TPSA) is 55.8 Å². The van der Waals surface area contributed by atoms with E-state index in [2.05, 4.69) is 0 Å². The molecule has 0 rings (SSSR count). The van der Waals surface area contributed by atoms with Crippen molar-refractivity contribution in [1.82, 2.24) is 0 Å². The number of carboxylic acid groups (broad SMARTS) is 1. The molecule has 0 saturated carbocycles. The van der Waals surface area contributed by atoms with Crippen LogP contribution in [0.5, 0.6) is 0 Å². The Morgan fingerprint density at radius 1 is 1.31 bits per heavy atom. The predicted octanol–water partition coefficient (Wildman–Crippen LogP) is -2.53. The molecule has 0 amide bonds. The van der Waals surface area contributed by atoms with E-state index < -0.39 is 5.97 Å². The Morgan fingerprint density at radius 2 is 1.92 bits per heavy atom. The van der Waals surface area contributed by atoms with Crippen LogP contribution in [-0.4, -0.2) is 49.5 Å². The van der Waals surface area contributed by atoms with Crippen LogP contribution >= 0.6 is 11.8 Å². The maximum absolute atomic E-state index is 9.97. The van der Waals surface area contributed by atoms with Gasteiger partial charge >= 0.3 is 35.5 Å². The quantitative estimate of drug-likeness (QED) is 0.359. The molecule has 0 aliphatic rings. The van der Waals surface area contributed by atoms with Crippen molar-refractivity contribution < 1.29 is 48.9 Å². The molecule has 0 aromatic carbocycles. The summed E-state index contributed by atoms with van der Waals surface area (Å²) in [4.78, 5) is 9.97. The van der Waals surface area contributed by atoms with Crippen LogP contribution in [0.2, 0.25) is 0 Å². The maximum Gasteiger partial charge on any atom is 1.00 e. The minimum absolute atomic E-state index is 0. The van der Waals surface area contributed by atoms with Crippen molar-refractivity contribution in [1.29, 1.82) is 0 Å². The fourth-order valence-corrected chi connectivity index (χ4v) is 0.806. The molecule has 0 spiro atoms. The Balaban J connectivity index is 0. The number of rotatable bonds is 8. The third kappa shape index (κ3) is 15.5. The van der Waals surface area contributed by atoms with E-state index in [1.165, 1.54) is 0 Å². The van der Waals surface area contributed by atoms with Crippen LogP contribution in [0.15, 0.2) is 0 Å². The molecule has 0 aromatic rings. The minimum Gasteiger partial charge on any atom is -0.480 e. The molecule has 13 heavy (non-hydrogen) atoms. The standard InChI is InChI=1S/C7H14O4S.Na/c1-12-5-4-10-2-3-11-6-7(8)9;/h2-6H2,1H3,(H,8,9);/q;+1. The van der Waals surface area contributed by atoms with Crippen molar-refractivity contribution in [2.24, 2.45) is 0 Å². The molecule has 0 radical (unpaired) electrons. The second-order valence-corrected chi connectivity index (χ2v) is 3.04. The summed E-state index contributed by atoms with van der Waals surface area (Å²) in [5.41, 5.74) is 0. The molecule has 0 heterocycles. The summed E-state index contributed by atoms with van der Waals surface area (Å²) in [5, 5.41) is 8.19. The first-order valence-electron chi connectivity index (χ1n) is 3.63. The van der Waals surface area contributed by atoms with Gasteiger partial charge in [0.2, 0.25) is 0 Å². The van der Waals surface area contributed by atoms with Crippen LogP contribution in [0.3, 0.4) is 0 Å². The van der Waals surface area contributed by atoms with Gasteiger partial charge in [-0.1, -0.05) is 0 Å². The van der Waals surface area contributed by atoms with Gasteiger partial charge in [-0.05, 0) is 6.26 Å². The molecular weight excluding hydrogens is 203 g/mol. The fraction of sp³-hybridized carbons (Fsp3) is 0.857. The van der Waals surface area contributed by atoms with Crippen LogP contribution in [0, 0.1) is 0 Å². The third-order valence-corrected chi connectivity index (χ3v) is 1.60. The zero-order valence-electron chi connectivity index (χ0n) is 8.12. The van der Waals surface area contributed by atoms with Crippen molar-refractivity contribution in [3.05, 3.63) is 0 Å². The van der Waals surface area contributed by atoms with E-state index in [1.54, 1.807) is 11.8 Å². The molecule has 0 fully saturated rings. The fourth-order valence-electron chi connectivity index (χ4n) is 0.522. The van der Waals surface area contributed by atoms with Gasteiger partial charge in [0.15, 0.2) is 0 Å². The first kappa shape index (κ1) is 16.2. The molecule has 0 saturated heterocycles. The Labute approximate surface area is 105 Å². The van der Waals surface area contributed by atoms with E-state index >= 15 is 0 Å². The van der Waals surface area contributed by atoms with E-state index in [4.69, 9.17) is 14.6 Å². The molecule has 0 atom stereocenters. The first-order valence-corrected chi connectivity index (χ1v) is 5.03. The summed E-state index contributed by atoms with van der Waals surface area (Å²) in [7, 11) is 0. The Bertz CT molecular complexity index is 123. The molecule has 1 N–H and O–H groups in total.